The molecule has 0 saturated carbocycles. The quantitative estimate of drug-likeness (QED) is 0.329. The third kappa shape index (κ3) is 5.89. The number of carbonyl (C=O) groups is 3. The van der Waals surface area contributed by atoms with Gasteiger partial charge in [0.2, 0.25) is 0 Å². The summed E-state index contributed by atoms with van der Waals surface area (Å²) in [6, 6.07) is 11.4. The molecule has 1 N–H and O–H groups in total. The number of rotatable bonds is 6. The zero-order valence-electron chi connectivity index (χ0n) is 25.1. The number of amides is 1. The number of hydrogen-bond acceptors (Lipinski definition) is 5. The first-order valence-electron chi connectivity index (χ1n) is 14.5. The number of para-hydroxylation sites is 1. The molecule has 1 heterocycles. The molecule has 6 nitrogen and oxygen atoms in total. The predicted octanol–water partition coefficient (Wildman–Crippen LogP) is 8.24. The second kappa shape index (κ2) is 11.4. The smallest absolute Gasteiger partial charge is 0.262 e. The Labute approximate surface area is 265 Å². The van der Waals surface area contributed by atoms with Gasteiger partial charge in [-0.3, -0.25) is 14.4 Å². The summed E-state index contributed by atoms with van der Waals surface area (Å²) in [6.07, 6.45) is 2.45. The lowest BCUT2D eigenvalue weighted by atomic mass is 9.63. The van der Waals surface area contributed by atoms with Gasteiger partial charge >= 0.3 is 0 Å². The van der Waals surface area contributed by atoms with Crippen LogP contribution in [0.4, 0.5) is 5.69 Å². The minimum atomic E-state index is -0.448. The molecule has 0 fully saturated rings. The van der Waals surface area contributed by atoms with E-state index < -0.39 is 5.92 Å². The van der Waals surface area contributed by atoms with Crippen molar-refractivity contribution in [1.82, 2.24) is 4.90 Å². The van der Waals surface area contributed by atoms with Crippen molar-refractivity contribution in [2.75, 3.05) is 18.5 Å². The molecule has 8 heteroatoms. The first-order valence-corrected chi connectivity index (χ1v) is 16.1. The molecule has 0 atom stereocenters. The Balaban J connectivity index is 1.53. The largest absolute Gasteiger partial charge is 0.481 e. The lowest BCUT2D eigenvalue weighted by Gasteiger charge is -2.49. The van der Waals surface area contributed by atoms with Crippen molar-refractivity contribution in [1.29, 1.82) is 0 Å². The fourth-order valence-corrected chi connectivity index (χ4v) is 8.13. The Morgan fingerprint density at radius 3 is 1.95 bits per heavy atom. The monoisotopic (exact) mass is 696 g/mol. The van der Waals surface area contributed by atoms with Crippen LogP contribution in [0.15, 0.2) is 67.9 Å². The summed E-state index contributed by atoms with van der Waals surface area (Å²) in [5.74, 6) is -0.0190. The Bertz CT molecular complexity index is 1480. The lowest BCUT2D eigenvalue weighted by Crippen LogP contribution is -2.44. The van der Waals surface area contributed by atoms with Gasteiger partial charge in [0.05, 0.1) is 8.95 Å². The summed E-state index contributed by atoms with van der Waals surface area (Å²) in [5, 5.41) is 2.89. The van der Waals surface area contributed by atoms with Crippen LogP contribution in [0.1, 0.15) is 77.3 Å². The maximum absolute atomic E-state index is 13.9. The van der Waals surface area contributed by atoms with E-state index in [9.17, 15) is 14.4 Å². The normalized spacial score (nSPS) is 20.0. The van der Waals surface area contributed by atoms with E-state index >= 15 is 0 Å². The highest BCUT2D eigenvalue weighted by molar-refractivity contribution is 9.11. The van der Waals surface area contributed by atoms with Gasteiger partial charge in [-0.15, -0.1) is 0 Å². The van der Waals surface area contributed by atoms with E-state index in [4.69, 9.17) is 4.74 Å². The number of hydrogen-bond donors (Lipinski definition) is 1. The molecule has 42 heavy (non-hydrogen) atoms. The van der Waals surface area contributed by atoms with E-state index in [0.717, 1.165) is 52.2 Å². The summed E-state index contributed by atoms with van der Waals surface area (Å²) in [4.78, 5) is 42.7. The molecule has 2 aromatic carbocycles. The summed E-state index contributed by atoms with van der Waals surface area (Å²) in [6.45, 7) is 13.1. The van der Waals surface area contributed by atoms with Gasteiger partial charge in [-0.1, -0.05) is 45.9 Å². The number of ketones is 2. The van der Waals surface area contributed by atoms with Crippen LogP contribution >= 0.6 is 31.9 Å². The molecule has 1 amide bonds. The minimum absolute atomic E-state index is 0.106. The van der Waals surface area contributed by atoms with Gasteiger partial charge in [0.1, 0.15) is 5.75 Å². The van der Waals surface area contributed by atoms with Crippen molar-refractivity contribution in [3.63, 3.8) is 0 Å². The molecule has 0 spiro atoms. The van der Waals surface area contributed by atoms with Crippen molar-refractivity contribution >= 4 is 55.0 Å². The maximum Gasteiger partial charge on any atom is 0.262 e. The fraction of sp³-hybridized carbons (Fsp3) is 0.441. The van der Waals surface area contributed by atoms with Crippen LogP contribution in [0, 0.1) is 17.8 Å². The van der Waals surface area contributed by atoms with Crippen LogP contribution < -0.4 is 10.1 Å². The van der Waals surface area contributed by atoms with Crippen LogP contribution in [0.2, 0.25) is 0 Å². The first-order chi connectivity index (χ1) is 19.7. The molecular formula is C34H38Br2N2O4. The number of aryl methyl sites for hydroxylation is 1. The van der Waals surface area contributed by atoms with E-state index in [-0.39, 0.29) is 34.9 Å². The zero-order valence-corrected chi connectivity index (χ0v) is 28.3. The Morgan fingerprint density at radius 2 is 1.45 bits per heavy atom. The fourth-order valence-electron chi connectivity index (χ4n) is 6.68. The molecule has 0 saturated heterocycles. The molecule has 5 rings (SSSR count). The molecule has 3 aliphatic rings. The molecule has 222 valence electrons. The van der Waals surface area contributed by atoms with Gasteiger partial charge in [0, 0.05) is 53.5 Å². The molecular weight excluding hydrogens is 660 g/mol. The highest BCUT2D eigenvalue weighted by atomic mass is 79.9. The molecule has 2 aliphatic carbocycles. The van der Waals surface area contributed by atoms with Crippen LogP contribution in [-0.4, -0.2) is 35.5 Å². The van der Waals surface area contributed by atoms with Crippen LogP contribution in [0.3, 0.4) is 0 Å². The van der Waals surface area contributed by atoms with Gasteiger partial charge in [-0.2, -0.15) is 0 Å². The van der Waals surface area contributed by atoms with Gasteiger partial charge in [0.15, 0.2) is 18.2 Å². The van der Waals surface area contributed by atoms with E-state index in [1.54, 1.807) is 0 Å². The van der Waals surface area contributed by atoms with E-state index in [2.05, 4.69) is 76.7 Å². The number of ether oxygens (including phenoxy) is 1. The number of Topliss-reactive ketones (excluding diaryl/α,β-unsaturated/α-hetero) is 2. The van der Waals surface area contributed by atoms with Gasteiger partial charge in [-0.25, -0.2) is 0 Å². The first kappa shape index (κ1) is 30.7. The molecule has 0 radical (unpaired) electrons. The molecule has 2 aromatic rings. The Kier molecular flexibility index (Phi) is 8.36. The lowest BCUT2D eigenvalue weighted by molar-refractivity contribution is -0.120. The second-order valence-corrected chi connectivity index (χ2v) is 15.0. The van der Waals surface area contributed by atoms with Gasteiger partial charge < -0.3 is 15.0 Å². The molecule has 0 bridgehead atoms. The van der Waals surface area contributed by atoms with Gasteiger partial charge in [-0.05, 0) is 98.7 Å². The van der Waals surface area contributed by atoms with Gasteiger partial charge in [0.25, 0.3) is 5.91 Å². The third-order valence-electron chi connectivity index (χ3n) is 8.46. The summed E-state index contributed by atoms with van der Waals surface area (Å²) < 4.78 is 7.24. The molecule has 0 unspecified atom stereocenters. The number of carbonyl (C=O) groups excluding carboxylic acids is 3. The molecule has 0 aromatic heterocycles. The third-order valence-corrected chi connectivity index (χ3v) is 9.64. The predicted molar refractivity (Wildman–Crippen MR) is 172 cm³/mol. The number of benzene rings is 2. The average molecular weight is 698 g/mol. The number of nitrogens with one attached hydrogen (secondary N) is 1. The Morgan fingerprint density at radius 1 is 0.929 bits per heavy atom. The van der Waals surface area contributed by atoms with Crippen LogP contribution in [0.25, 0.3) is 0 Å². The van der Waals surface area contributed by atoms with Crippen molar-refractivity contribution in [3.05, 3.63) is 79.0 Å². The number of nitrogens with zero attached hydrogens (tertiary/aromatic N) is 1. The summed E-state index contributed by atoms with van der Waals surface area (Å²) in [7, 11) is 0. The van der Waals surface area contributed by atoms with E-state index in [1.807, 2.05) is 43.3 Å². The van der Waals surface area contributed by atoms with Crippen molar-refractivity contribution in [2.45, 2.75) is 73.1 Å². The topological polar surface area (TPSA) is 75.7 Å². The van der Waals surface area contributed by atoms with Crippen LogP contribution in [-0.2, 0) is 14.4 Å². The number of allylic oxidation sites excluding steroid dienone is 4. The average Bonchev–Trinajstić information content (AvgIpc) is 2.87. The number of halogens is 2. The zero-order chi connectivity index (χ0) is 30.6. The SMILES string of the molecule is CCN1C2=C(C(=O)CC(C)(C)C2)C(c2cc(Br)c(OCC(=O)Nc3ccccc3C)c(Br)c2)C2=C1CC(C)(C)CC2=O. The van der Waals surface area contributed by atoms with Crippen molar-refractivity contribution in [3.8, 4) is 5.75 Å². The summed E-state index contributed by atoms with van der Waals surface area (Å²) in [5.41, 5.74) is 5.84. The van der Waals surface area contributed by atoms with E-state index in [1.165, 1.54) is 0 Å². The highest BCUT2D eigenvalue weighted by Crippen LogP contribution is 2.55. The minimum Gasteiger partial charge on any atom is -0.481 e. The van der Waals surface area contributed by atoms with Crippen molar-refractivity contribution < 1.29 is 19.1 Å². The van der Waals surface area contributed by atoms with Crippen molar-refractivity contribution in [2.24, 2.45) is 10.8 Å². The second-order valence-electron chi connectivity index (χ2n) is 13.2. The summed E-state index contributed by atoms with van der Waals surface area (Å²) >= 11 is 7.32. The van der Waals surface area contributed by atoms with E-state index in [0.29, 0.717) is 34.1 Å². The highest BCUT2D eigenvalue weighted by Gasteiger charge is 2.48. The molecule has 1 aliphatic heterocycles. The maximum atomic E-state index is 13.9. The Hall–Kier alpha value is -2.71. The standard InChI is InChI=1S/C34H38Br2N2O4/c1-7-38-24-14-33(3,4)16-26(39)30(24)29(31-25(38)15-34(5,6)17-27(31)40)20-12-21(35)32(22(36)13-20)42-18-28(41)37-23-11-9-8-10-19(23)2/h8-13,29H,7,14-18H2,1-6H3,(H,37,41). The van der Waals surface area contributed by atoms with Crippen LogP contribution in [0.5, 0.6) is 5.75 Å². The number of anilines is 1.